The van der Waals surface area contributed by atoms with Crippen LogP contribution >= 0.6 is 0 Å². The van der Waals surface area contributed by atoms with Crippen LogP contribution in [0.1, 0.15) is 17.5 Å². The van der Waals surface area contributed by atoms with Crippen LogP contribution in [0.15, 0.2) is 18.2 Å². The molecule has 0 aromatic heterocycles. The zero-order chi connectivity index (χ0) is 17.0. The van der Waals surface area contributed by atoms with E-state index >= 15 is 0 Å². The van der Waals surface area contributed by atoms with Crippen LogP contribution in [0.4, 0.5) is 5.69 Å². The molecule has 1 aliphatic heterocycles. The highest BCUT2D eigenvalue weighted by Gasteiger charge is 2.30. The molecule has 23 heavy (non-hydrogen) atoms. The van der Waals surface area contributed by atoms with E-state index in [4.69, 9.17) is 0 Å². The Morgan fingerprint density at radius 3 is 2.48 bits per heavy atom. The molecule has 0 spiro atoms. The topological polar surface area (TPSA) is 72.9 Å². The molecule has 0 saturated carbocycles. The molecule has 1 saturated heterocycles. The molecule has 1 amide bonds. The number of carboxylic acid groups (broad SMARTS) is 1. The molecule has 126 valence electrons. The summed E-state index contributed by atoms with van der Waals surface area (Å²) >= 11 is 0. The number of carboxylic acids is 1. The summed E-state index contributed by atoms with van der Waals surface area (Å²) in [7, 11) is 2.01. The number of nitrogens with zero attached hydrogens (tertiary/aromatic N) is 2. The van der Waals surface area contributed by atoms with Crippen molar-refractivity contribution in [3.05, 3.63) is 29.3 Å². The molecule has 1 heterocycles. The van der Waals surface area contributed by atoms with Crippen molar-refractivity contribution in [2.75, 3.05) is 38.5 Å². The van der Waals surface area contributed by atoms with Crippen molar-refractivity contribution in [3.63, 3.8) is 0 Å². The van der Waals surface area contributed by atoms with Gasteiger partial charge in [0.1, 0.15) is 6.04 Å². The molecule has 1 aromatic carbocycles. The summed E-state index contributed by atoms with van der Waals surface area (Å²) in [5, 5.41) is 12.3. The fourth-order valence-corrected chi connectivity index (χ4v) is 2.75. The van der Waals surface area contributed by atoms with Crippen molar-refractivity contribution in [1.29, 1.82) is 0 Å². The van der Waals surface area contributed by atoms with Crippen LogP contribution in [0, 0.1) is 13.8 Å². The molecule has 2 rings (SSSR count). The zero-order valence-corrected chi connectivity index (χ0v) is 14.0. The van der Waals surface area contributed by atoms with Crippen LogP contribution in [0.5, 0.6) is 0 Å². The van der Waals surface area contributed by atoms with Crippen LogP contribution in [0.3, 0.4) is 0 Å². The quantitative estimate of drug-likeness (QED) is 0.857. The molecule has 1 aromatic rings. The van der Waals surface area contributed by atoms with Gasteiger partial charge in [-0.15, -0.1) is 0 Å². The second-order valence-electron chi connectivity index (χ2n) is 6.26. The van der Waals surface area contributed by atoms with E-state index in [2.05, 4.69) is 10.2 Å². The monoisotopic (exact) mass is 319 g/mol. The predicted molar refractivity (Wildman–Crippen MR) is 89.7 cm³/mol. The highest BCUT2D eigenvalue weighted by molar-refractivity contribution is 5.94. The maximum atomic E-state index is 12.3. The average Bonchev–Trinajstić information content (AvgIpc) is 2.49. The minimum absolute atomic E-state index is 0.0353. The van der Waals surface area contributed by atoms with Crippen molar-refractivity contribution < 1.29 is 14.7 Å². The van der Waals surface area contributed by atoms with Gasteiger partial charge in [0.05, 0.1) is 6.42 Å². The lowest BCUT2D eigenvalue weighted by molar-refractivity contribution is -0.145. The van der Waals surface area contributed by atoms with Crippen molar-refractivity contribution in [3.8, 4) is 0 Å². The van der Waals surface area contributed by atoms with E-state index < -0.39 is 12.0 Å². The summed E-state index contributed by atoms with van der Waals surface area (Å²) in [6, 6.07) is 5.06. The Hall–Kier alpha value is -1.92. The van der Waals surface area contributed by atoms with E-state index in [1.807, 2.05) is 44.0 Å². The van der Waals surface area contributed by atoms with Gasteiger partial charge in [0.2, 0.25) is 5.91 Å². The van der Waals surface area contributed by atoms with Gasteiger partial charge in [0.15, 0.2) is 0 Å². The Morgan fingerprint density at radius 2 is 1.87 bits per heavy atom. The summed E-state index contributed by atoms with van der Waals surface area (Å²) in [4.78, 5) is 27.9. The van der Waals surface area contributed by atoms with Gasteiger partial charge in [0.25, 0.3) is 0 Å². The fraction of sp³-hybridized carbons (Fsp3) is 0.529. The number of piperazine rings is 1. The molecule has 1 aliphatic rings. The number of amides is 1. The average molecular weight is 319 g/mol. The number of benzene rings is 1. The van der Waals surface area contributed by atoms with Gasteiger partial charge < -0.3 is 15.3 Å². The summed E-state index contributed by atoms with van der Waals surface area (Å²) < 4.78 is 0. The Morgan fingerprint density at radius 1 is 1.22 bits per heavy atom. The van der Waals surface area contributed by atoms with Gasteiger partial charge in [-0.05, 0) is 38.1 Å². The Bertz CT molecular complexity index is 580. The van der Waals surface area contributed by atoms with E-state index in [1.54, 1.807) is 0 Å². The van der Waals surface area contributed by atoms with Crippen molar-refractivity contribution in [1.82, 2.24) is 9.80 Å². The number of anilines is 1. The third-order valence-electron chi connectivity index (χ3n) is 4.31. The number of aliphatic carboxylic acids is 1. The summed E-state index contributed by atoms with van der Waals surface area (Å²) in [5.41, 5.74) is 2.77. The normalized spacial score (nSPS) is 17.7. The number of nitrogens with one attached hydrogen (secondary N) is 1. The second kappa shape index (κ2) is 7.57. The van der Waals surface area contributed by atoms with E-state index in [1.165, 1.54) is 0 Å². The van der Waals surface area contributed by atoms with Crippen molar-refractivity contribution >= 4 is 17.6 Å². The Labute approximate surface area is 137 Å². The zero-order valence-electron chi connectivity index (χ0n) is 14.0. The van der Waals surface area contributed by atoms with Crippen LogP contribution in [0.2, 0.25) is 0 Å². The van der Waals surface area contributed by atoms with Gasteiger partial charge in [0, 0.05) is 31.9 Å². The van der Waals surface area contributed by atoms with E-state index in [0.29, 0.717) is 13.1 Å². The van der Waals surface area contributed by atoms with Crippen LogP contribution < -0.4 is 5.32 Å². The highest BCUT2D eigenvalue weighted by Crippen LogP contribution is 2.17. The predicted octanol–water partition coefficient (Wildman–Crippen LogP) is 1.33. The van der Waals surface area contributed by atoms with Crippen LogP contribution in [-0.4, -0.2) is 66.1 Å². The maximum Gasteiger partial charge on any atom is 0.321 e. The number of carbonyl (C=O) groups excluding carboxylic acids is 1. The number of hydrogen-bond acceptors (Lipinski definition) is 4. The molecule has 0 radical (unpaired) electrons. The lowest BCUT2D eigenvalue weighted by Crippen LogP contribution is -2.52. The third kappa shape index (κ3) is 4.77. The minimum atomic E-state index is -0.939. The van der Waals surface area contributed by atoms with Gasteiger partial charge in [-0.2, -0.15) is 0 Å². The molecule has 0 bridgehead atoms. The first-order valence-electron chi connectivity index (χ1n) is 7.89. The van der Waals surface area contributed by atoms with E-state index in [9.17, 15) is 14.7 Å². The number of rotatable bonds is 5. The lowest BCUT2D eigenvalue weighted by atomic mass is 10.1. The summed E-state index contributed by atoms with van der Waals surface area (Å²) in [6.07, 6.45) is -0.0353. The molecule has 0 aliphatic carbocycles. The van der Waals surface area contributed by atoms with E-state index in [0.717, 1.165) is 29.9 Å². The SMILES string of the molecule is Cc1ccc(C)c(NC(=O)C[C@H](C(=O)O)N2CCN(C)CC2)c1. The molecule has 0 unspecified atom stereocenters. The summed E-state index contributed by atoms with van der Waals surface area (Å²) in [5.74, 6) is -1.20. The van der Waals surface area contributed by atoms with Crippen LogP contribution in [-0.2, 0) is 9.59 Å². The first-order valence-corrected chi connectivity index (χ1v) is 7.89. The standard InChI is InChI=1S/C17H25N3O3/c1-12-4-5-13(2)14(10-12)18-16(21)11-15(17(22)23)20-8-6-19(3)7-9-20/h4-5,10,15H,6-9,11H2,1-3H3,(H,18,21)(H,22,23)/t15-/m1/s1. The molecule has 1 fully saturated rings. The fourth-order valence-electron chi connectivity index (χ4n) is 2.75. The first kappa shape index (κ1) is 17.4. The third-order valence-corrected chi connectivity index (χ3v) is 4.31. The second-order valence-corrected chi connectivity index (χ2v) is 6.26. The Kier molecular flexibility index (Phi) is 5.74. The van der Waals surface area contributed by atoms with Crippen molar-refractivity contribution in [2.45, 2.75) is 26.3 Å². The van der Waals surface area contributed by atoms with Crippen LogP contribution in [0.25, 0.3) is 0 Å². The molecule has 2 N–H and O–H groups in total. The number of likely N-dealkylation sites (N-methyl/N-ethyl adjacent to an activating group) is 1. The van der Waals surface area contributed by atoms with Gasteiger partial charge in [-0.25, -0.2) is 0 Å². The largest absolute Gasteiger partial charge is 0.480 e. The summed E-state index contributed by atoms with van der Waals surface area (Å²) in [6.45, 7) is 6.86. The molecular weight excluding hydrogens is 294 g/mol. The van der Waals surface area contributed by atoms with E-state index in [-0.39, 0.29) is 12.3 Å². The molecule has 1 atom stereocenters. The van der Waals surface area contributed by atoms with Crippen molar-refractivity contribution in [2.24, 2.45) is 0 Å². The maximum absolute atomic E-state index is 12.3. The lowest BCUT2D eigenvalue weighted by Gasteiger charge is -2.35. The number of carbonyl (C=O) groups is 2. The van der Waals surface area contributed by atoms with Gasteiger partial charge >= 0.3 is 5.97 Å². The number of aryl methyl sites for hydroxylation is 2. The molecule has 6 heteroatoms. The number of hydrogen-bond donors (Lipinski definition) is 2. The smallest absolute Gasteiger partial charge is 0.321 e. The minimum Gasteiger partial charge on any atom is -0.480 e. The van der Waals surface area contributed by atoms with Gasteiger partial charge in [-0.1, -0.05) is 12.1 Å². The molecule has 6 nitrogen and oxygen atoms in total. The van der Waals surface area contributed by atoms with Gasteiger partial charge in [-0.3, -0.25) is 14.5 Å². The highest BCUT2D eigenvalue weighted by atomic mass is 16.4. The molecular formula is C17H25N3O3. The first-order chi connectivity index (χ1) is 10.9. The Balaban J connectivity index is 2.00.